The molecule has 3 aromatic rings. The zero-order valence-corrected chi connectivity index (χ0v) is 20.9. The molecule has 0 aliphatic carbocycles. The van der Waals surface area contributed by atoms with Crippen LogP contribution < -0.4 is 15.0 Å². The fraction of sp³-hybridized carbons (Fsp3) is 0.231. The normalized spacial score (nSPS) is 11.9. The molecule has 0 saturated heterocycles. The maximum absolute atomic E-state index is 13.9. The molecule has 0 spiro atoms. The van der Waals surface area contributed by atoms with Crippen LogP contribution in [0.5, 0.6) is 5.75 Å². The van der Waals surface area contributed by atoms with Gasteiger partial charge >= 0.3 is 0 Å². The molecule has 1 heterocycles. The first-order valence-corrected chi connectivity index (χ1v) is 12.5. The fourth-order valence-corrected chi connectivity index (χ4v) is 4.20. The van der Waals surface area contributed by atoms with Crippen molar-refractivity contribution < 1.29 is 17.5 Å². The Labute approximate surface area is 204 Å². The summed E-state index contributed by atoms with van der Waals surface area (Å²) in [6.07, 6.45) is 5.48. The van der Waals surface area contributed by atoms with Gasteiger partial charge in [-0.3, -0.25) is 9.52 Å². The number of halogens is 1. The molecule has 0 amide bonds. The van der Waals surface area contributed by atoms with Crippen molar-refractivity contribution in [3.05, 3.63) is 81.0 Å². The van der Waals surface area contributed by atoms with Gasteiger partial charge < -0.3 is 9.72 Å². The Morgan fingerprint density at radius 2 is 1.80 bits per heavy atom. The van der Waals surface area contributed by atoms with Crippen LogP contribution in [0, 0.1) is 17.1 Å². The Bertz CT molecular complexity index is 1510. The maximum atomic E-state index is 13.9. The highest BCUT2D eigenvalue weighted by atomic mass is 32.2. The minimum absolute atomic E-state index is 0.182. The van der Waals surface area contributed by atoms with E-state index in [1.165, 1.54) is 12.1 Å². The number of anilines is 1. The Kier molecular flexibility index (Phi) is 7.17. The summed E-state index contributed by atoms with van der Waals surface area (Å²) in [5, 5.41) is 9.58. The molecule has 0 fully saturated rings. The summed E-state index contributed by atoms with van der Waals surface area (Å²) in [4.78, 5) is 14.8. The molecule has 2 N–H and O–H groups in total. The molecule has 7 nitrogen and oxygen atoms in total. The highest BCUT2D eigenvalue weighted by Crippen LogP contribution is 2.38. The second-order valence-corrected chi connectivity index (χ2v) is 10.8. The standard InChI is InChI=1S/C26H26FN3O4S/c1-26(2,3)23-12-18(22-13-20(27)15-29-25(22)31)10-17(24(23)34-4)7-6-16-8-9-21(11-19(16)14-28)30-35(5,32)33/h6-13,15,30H,1-5H3,(H,29,31). The monoisotopic (exact) mass is 495 g/mol. The number of nitriles is 1. The summed E-state index contributed by atoms with van der Waals surface area (Å²) in [7, 11) is -1.94. The first kappa shape index (κ1) is 25.7. The largest absolute Gasteiger partial charge is 0.496 e. The van der Waals surface area contributed by atoms with Crippen LogP contribution in [-0.2, 0) is 15.4 Å². The van der Waals surface area contributed by atoms with Gasteiger partial charge in [0.25, 0.3) is 5.56 Å². The van der Waals surface area contributed by atoms with Crippen LogP contribution in [0.2, 0.25) is 0 Å². The Hall–Kier alpha value is -3.90. The van der Waals surface area contributed by atoms with Crippen molar-refractivity contribution in [2.75, 3.05) is 18.1 Å². The number of hydrogen-bond donors (Lipinski definition) is 2. The molecule has 0 aliphatic heterocycles. The van der Waals surface area contributed by atoms with Crippen molar-refractivity contribution in [2.45, 2.75) is 26.2 Å². The molecule has 0 radical (unpaired) electrons. The number of H-pyrrole nitrogens is 1. The molecule has 9 heteroatoms. The molecular formula is C26H26FN3O4S. The lowest BCUT2D eigenvalue weighted by atomic mass is 9.83. The lowest BCUT2D eigenvalue weighted by molar-refractivity contribution is 0.397. The third kappa shape index (κ3) is 6.16. The van der Waals surface area contributed by atoms with Gasteiger partial charge in [-0.2, -0.15) is 5.26 Å². The minimum Gasteiger partial charge on any atom is -0.496 e. The van der Waals surface area contributed by atoms with Gasteiger partial charge in [0.15, 0.2) is 0 Å². The number of nitrogens with one attached hydrogen (secondary N) is 2. The van der Waals surface area contributed by atoms with Gasteiger partial charge in [0, 0.05) is 28.6 Å². The van der Waals surface area contributed by atoms with E-state index in [0.29, 0.717) is 22.4 Å². The molecule has 1 aromatic heterocycles. The summed E-state index contributed by atoms with van der Waals surface area (Å²) in [5.41, 5.74) is 2.46. The molecule has 0 saturated carbocycles. The number of benzene rings is 2. The number of sulfonamides is 1. The summed E-state index contributed by atoms with van der Waals surface area (Å²) < 4.78 is 45.0. The van der Waals surface area contributed by atoms with Crippen LogP contribution in [0.4, 0.5) is 10.1 Å². The fourth-order valence-electron chi connectivity index (χ4n) is 3.64. The third-order valence-electron chi connectivity index (χ3n) is 5.23. The summed E-state index contributed by atoms with van der Waals surface area (Å²) in [6.45, 7) is 6.00. The quantitative estimate of drug-likeness (QED) is 0.473. The average Bonchev–Trinajstić information content (AvgIpc) is 2.77. The van der Waals surface area contributed by atoms with Gasteiger partial charge in [-0.1, -0.05) is 39.0 Å². The summed E-state index contributed by atoms with van der Waals surface area (Å²) >= 11 is 0. The van der Waals surface area contributed by atoms with Crippen molar-refractivity contribution >= 4 is 27.9 Å². The predicted octanol–water partition coefficient (Wildman–Crippen LogP) is 4.90. The highest BCUT2D eigenvalue weighted by Gasteiger charge is 2.23. The van der Waals surface area contributed by atoms with E-state index in [4.69, 9.17) is 4.74 Å². The van der Waals surface area contributed by atoms with Crippen LogP contribution in [0.3, 0.4) is 0 Å². The smallest absolute Gasteiger partial charge is 0.256 e. The van der Waals surface area contributed by atoms with Gasteiger partial charge in [-0.05, 0) is 46.9 Å². The number of aromatic nitrogens is 1. The molecular weight excluding hydrogens is 469 g/mol. The number of ether oxygens (including phenoxy) is 1. The molecule has 0 unspecified atom stereocenters. The summed E-state index contributed by atoms with van der Waals surface area (Å²) in [5.74, 6) is 0.0190. The van der Waals surface area contributed by atoms with Crippen molar-refractivity contribution in [3.8, 4) is 22.9 Å². The van der Waals surface area contributed by atoms with Crippen molar-refractivity contribution in [3.63, 3.8) is 0 Å². The Morgan fingerprint density at radius 3 is 2.40 bits per heavy atom. The van der Waals surface area contributed by atoms with Gasteiger partial charge in [-0.25, -0.2) is 12.8 Å². The minimum atomic E-state index is -3.48. The average molecular weight is 496 g/mol. The highest BCUT2D eigenvalue weighted by molar-refractivity contribution is 7.92. The molecule has 3 rings (SSSR count). The van der Waals surface area contributed by atoms with Crippen LogP contribution in [0.15, 0.2) is 47.4 Å². The van der Waals surface area contributed by atoms with E-state index in [1.54, 1.807) is 37.5 Å². The lowest BCUT2D eigenvalue weighted by Crippen LogP contribution is -2.15. The number of hydrogen-bond acceptors (Lipinski definition) is 5. The predicted molar refractivity (Wildman–Crippen MR) is 136 cm³/mol. The number of methoxy groups -OCH3 is 1. The first-order chi connectivity index (χ1) is 16.3. The van der Waals surface area contributed by atoms with E-state index in [9.17, 15) is 22.9 Å². The Morgan fingerprint density at radius 1 is 1.11 bits per heavy atom. The maximum Gasteiger partial charge on any atom is 0.256 e. The van der Waals surface area contributed by atoms with Crippen molar-refractivity contribution in [1.82, 2.24) is 4.98 Å². The zero-order chi connectivity index (χ0) is 26.0. The topological polar surface area (TPSA) is 112 Å². The number of nitrogens with zero attached hydrogens (tertiary/aromatic N) is 1. The van der Waals surface area contributed by atoms with Crippen LogP contribution in [0.25, 0.3) is 23.3 Å². The van der Waals surface area contributed by atoms with E-state index in [1.807, 2.05) is 26.8 Å². The van der Waals surface area contributed by atoms with Gasteiger partial charge in [0.2, 0.25) is 10.0 Å². The lowest BCUT2D eigenvalue weighted by Gasteiger charge is -2.24. The second kappa shape index (κ2) is 9.76. The van der Waals surface area contributed by atoms with E-state index in [2.05, 4.69) is 15.8 Å². The molecule has 0 bridgehead atoms. The van der Waals surface area contributed by atoms with Crippen LogP contribution >= 0.6 is 0 Å². The van der Waals surface area contributed by atoms with E-state index >= 15 is 0 Å². The molecule has 2 aromatic carbocycles. The SMILES string of the molecule is COc1c(C=Cc2ccc(NS(C)(=O)=O)cc2C#N)cc(-c2cc(F)c[nH]c2=O)cc1C(C)(C)C. The van der Waals surface area contributed by atoms with Crippen molar-refractivity contribution in [2.24, 2.45) is 0 Å². The molecule has 0 aliphatic rings. The number of pyridine rings is 1. The summed E-state index contributed by atoms with van der Waals surface area (Å²) in [6, 6.07) is 11.4. The molecule has 0 atom stereocenters. The van der Waals surface area contributed by atoms with E-state index in [-0.39, 0.29) is 22.2 Å². The van der Waals surface area contributed by atoms with Gasteiger partial charge in [0.05, 0.1) is 25.0 Å². The number of aromatic amines is 1. The van der Waals surface area contributed by atoms with Crippen LogP contribution in [-0.4, -0.2) is 26.8 Å². The first-order valence-electron chi connectivity index (χ1n) is 10.6. The Balaban J connectivity index is 2.18. The molecule has 35 heavy (non-hydrogen) atoms. The van der Waals surface area contributed by atoms with Crippen LogP contribution in [0.1, 0.15) is 43.0 Å². The van der Waals surface area contributed by atoms with Crippen molar-refractivity contribution in [1.29, 1.82) is 5.26 Å². The third-order valence-corrected chi connectivity index (χ3v) is 5.83. The van der Waals surface area contributed by atoms with E-state index < -0.39 is 21.4 Å². The molecule has 182 valence electrons. The van der Waals surface area contributed by atoms with E-state index in [0.717, 1.165) is 18.0 Å². The van der Waals surface area contributed by atoms with Gasteiger partial charge in [0.1, 0.15) is 11.6 Å². The second-order valence-electron chi connectivity index (χ2n) is 9.08. The zero-order valence-electron chi connectivity index (χ0n) is 20.1. The van der Waals surface area contributed by atoms with Gasteiger partial charge in [-0.15, -0.1) is 0 Å². The number of rotatable bonds is 6.